The fraction of sp³-hybridized carbons (Fsp3) is 0.433. The number of anilines is 1. The van der Waals surface area contributed by atoms with Crippen LogP contribution in [0, 0.1) is 11.6 Å². The topological polar surface area (TPSA) is 91.9 Å². The number of aliphatic imine (C=N–C) groups is 1. The SMILES string of the molecule is CN=C(N)Sc1cc(-c2c(Cl)cc3c(N4CC5CCC(C4)N5)nc(OC(C)CN4CC=CCC4)nc3c2F)ccc1F. The minimum absolute atomic E-state index is 0.113. The molecule has 3 N–H and O–H groups in total. The fourth-order valence-electron chi connectivity index (χ4n) is 6.02. The summed E-state index contributed by atoms with van der Waals surface area (Å²) in [6.07, 6.45) is 7.31. The molecule has 3 aromatic rings. The molecule has 3 atom stereocenters. The largest absolute Gasteiger partial charge is 0.459 e. The molecule has 3 unspecified atom stereocenters. The van der Waals surface area contributed by atoms with Crippen LogP contribution in [0.3, 0.4) is 0 Å². The van der Waals surface area contributed by atoms with E-state index in [2.05, 4.69) is 37.2 Å². The fourth-order valence-corrected chi connectivity index (χ4v) is 6.99. The number of benzene rings is 2. The molecule has 0 aliphatic carbocycles. The van der Waals surface area contributed by atoms with Gasteiger partial charge < -0.3 is 20.7 Å². The molecule has 0 saturated carbocycles. The summed E-state index contributed by atoms with van der Waals surface area (Å²) in [5, 5.41) is 4.52. The van der Waals surface area contributed by atoms with Gasteiger partial charge in [-0.15, -0.1) is 0 Å². The summed E-state index contributed by atoms with van der Waals surface area (Å²) < 4.78 is 37.4. The molecule has 0 amide bonds. The van der Waals surface area contributed by atoms with Gasteiger partial charge in [0.15, 0.2) is 11.0 Å². The highest BCUT2D eigenvalue weighted by Crippen LogP contribution is 2.41. The summed E-state index contributed by atoms with van der Waals surface area (Å²) in [5.74, 6) is -0.492. The molecule has 12 heteroatoms. The highest BCUT2D eigenvalue weighted by molar-refractivity contribution is 8.13. The average molecular weight is 614 g/mol. The Hall–Kier alpha value is -2.99. The number of aromatic nitrogens is 2. The summed E-state index contributed by atoms with van der Waals surface area (Å²) in [4.78, 5) is 18.0. The van der Waals surface area contributed by atoms with E-state index in [1.54, 1.807) is 6.07 Å². The van der Waals surface area contributed by atoms with E-state index in [1.165, 1.54) is 25.2 Å². The van der Waals surface area contributed by atoms with Crippen molar-refractivity contribution in [3.8, 4) is 17.1 Å². The van der Waals surface area contributed by atoms with Gasteiger partial charge in [-0.2, -0.15) is 9.97 Å². The van der Waals surface area contributed by atoms with E-state index in [0.29, 0.717) is 35.4 Å². The number of halogens is 3. The van der Waals surface area contributed by atoms with Gasteiger partial charge in [0, 0.05) is 62.8 Å². The smallest absolute Gasteiger partial charge is 0.319 e. The van der Waals surface area contributed by atoms with Crippen LogP contribution in [0.4, 0.5) is 14.6 Å². The number of nitrogens with two attached hydrogens (primary N) is 1. The van der Waals surface area contributed by atoms with Crippen molar-refractivity contribution in [3.05, 3.63) is 53.1 Å². The maximum atomic E-state index is 16.6. The van der Waals surface area contributed by atoms with E-state index < -0.39 is 11.6 Å². The van der Waals surface area contributed by atoms with Crippen LogP contribution in [0.15, 0.2) is 46.3 Å². The molecule has 0 spiro atoms. The number of thioether (sulfide) groups is 1. The number of ether oxygens (including phenoxy) is 1. The molecule has 4 heterocycles. The maximum Gasteiger partial charge on any atom is 0.319 e. The van der Waals surface area contributed by atoms with Gasteiger partial charge in [0.05, 0.1) is 9.92 Å². The third kappa shape index (κ3) is 6.06. The van der Waals surface area contributed by atoms with Crippen molar-refractivity contribution in [2.45, 2.75) is 49.3 Å². The normalized spacial score (nSPS) is 21.7. The van der Waals surface area contributed by atoms with Crippen LogP contribution in [0.1, 0.15) is 26.2 Å². The second kappa shape index (κ2) is 12.3. The van der Waals surface area contributed by atoms with Gasteiger partial charge in [0.2, 0.25) is 0 Å². The first kappa shape index (κ1) is 29.1. The molecule has 2 saturated heterocycles. The van der Waals surface area contributed by atoms with Crippen molar-refractivity contribution in [3.63, 3.8) is 0 Å². The zero-order valence-corrected chi connectivity index (χ0v) is 25.2. The first-order valence-corrected chi connectivity index (χ1v) is 15.4. The second-order valence-corrected chi connectivity index (χ2v) is 12.5. The van der Waals surface area contributed by atoms with Crippen molar-refractivity contribution < 1.29 is 13.5 Å². The number of piperazine rings is 1. The molecule has 2 aromatic carbocycles. The molecule has 2 bridgehead atoms. The summed E-state index contributed by atoms with van der Waals surface area (Å²) in [6.45, 7) is 6.00. The van der Waals surface area contributed by atoms with E-state index in [1.807, 2.05) is 6.92 Å². The molecule has 0 radical (unpaired) electrons. The summed E-state index contributed by atoms with van der Waals surface area (Å²) in [6, 6.07) is 6.82. The average Bonchev–Trinajstić information content (AvgIpc) is 3.32. The molecule has 2 fully saturated rings. The molecular formula is C30H34ClF2N7OS. The first-order valence-electron chi connectivity index (χ1n) is 14.2. The lowest BCUT2D eigenvalue weighted by Gasteiger charge is -2.34. The second-order valence-electron chi connectivity index (χ2n) is 11.1. The third-order valence-electron chi connectivity index (χ3n) is 7.98. The van der Waals surface area contributed by atoms with Gasteiger partial charge in [-0.3, -0.25) is 9.89 Å². The Morgan fingerprint density at radius 2 is 2.00 bits per heavy atom. The minimum Gasteiger partial charge on any atom is -0.459 e. The van der Waals surface area contributed by atoms with Gasteiger partial charge >= 0.3 is 6.01 Å². The number of nitrogens with zero attached hydrogens (tertiary/aromatic N) is 5. The van der Waals surface area contributed by atoms with Crippen LogP contribution >= 0.6 is 23.4 Å². The van der Waals surface area contributed by atoms with Crippen molar-refractivity contribution >= 4 is 45.3 Å². The number of nitrogens with one attached hydrogen (secondary N) is 1. The predicted octanol–water partition coefficient (Wildman–Crippen LogP) is 5.23. The van der Waals surface area contributed by atoms with Crippen molar-refractivity contribution in [2.24, 2.45) is 10.7 Å². The molecule has 8 nitrogen and oxygen atoms in total. The predicted molar refractivity (Wildman–Crippen MR) is 166 cm³/mol. The van der Waals surface area contributed by atoms with Gasteiger partial charge in [0.25, 0.3) is 0 Å². The van der Waals surface area contributed by atoms with Gasteiger partial charge in [0.1, 0.15) is 23.3 Å². The first-order chi connectivity index (χ1) is 20.3. The molecule has 3 aliphatic heterocycles. The molecule has 222 valence electrons. The maximum absolute atomic E-state index is 16.6. The van der Waals surface area contributed by atoms with Crippen molar-refractivity contribution in [2.75, 3.05) is 44.7 Å². The number of amidine groups is 1. The van der Waals surface area contributed by atoms with Gasteiger partial charge in [-0.1, -0.05) is 29.8 Å². The van der Waals surface area contributed by atoms with Crippen molar-refractivity contribution in [1.82, 2.24) is 20.2 Å². The zero-order valence-electron chi connectivity index (χ0n) is 23.6. The van der Waals surface area contributed by atoms with Crippen molar-refractivity contribution in [1.29, 1.82) is 0 Å². The Kier molecular flexibility index (Phi) is 8.53. The van der Waals surface area contributed by atoms with E-state index in [4.69, 9.17) is 27.1 Å². The lowest BCUT2D eigenvalue weighted by atomic mass is 10.0. The molecule has 42 heavy (non-hydrogen) atoms. The minimum atomic E-state index is -0.613. The van der Waals surface area contributed by atoms with Crippen LogP contribution < -0.4 is 20.7 Å². The van der Waals surface area contributed by atoms with E-state index in [-0.39, 0.29) is 38.3 Å². The lowest BCUT2D eigenvalue weighted by molar-refractivity contribution is 0.142. The molecule has 6 rings (SSSR count). The molecule has 3 aliphatic rings. The Labute approximate surface area is 253 Å². The Morgan fingerprint density at radius 3 is 2.71 bits per heavy atom. The van der Waals surface area contributed by atoms with E-state index in [9.17, 15) is 4.39 Å². The highest BCUT2D eigenvalue weighted by atomic mass is 35.5. The Bertz CT molecular complexity index is 1540. The van der Waals surface area contributed by atoms with Crippen LogP contribution in [0.2, 0.25) is 5.02 Å². The van der Waals surface area contributed by atoms with Crippen LogP contribution in [-0.2, 0) is 0 Å². The number of hydrogen-bond acceptors (Lipinski definition) is 8. The van der Waals surface area contributed by atoms with E-state index in [0.717, 1.165) is 57.2 Å². The van der Waals surface area contributed by atoms with Crippen LogP contribution in [-0.4, -0.2) is 78.0 Å². The summed E-state index contributed by atoms with van der Waals surface area (Å²) in [5.41, 5.74) is 6.47. The Balaban J connectivity index is 1.42. The lowest BCUT2D eigenvalue weighted by Crippen LogP contribution is -2.51. The van der Waals surface area contributed by atoms with Crippen LogP contribution in [0.5, 0.6) is 6.01 Å². The van der Waals surface area contributed by atoms with E-state index >= 15 is 4.39 Å². The standard InChI is InChI=1S/C30H34ClF2N7OS/c1-17(14-39-10-4-3-5-11-39)41-30-37-27-21(28(38-30)40-15-19-7-8-20(16-40)36-19)13-22(31)25(26(27)33)18-6-9-23(32)24(12-18)42-29(34)35-2/h3-4,6,9,12-13,17,19-20,36H,5,7-8,10-11,14-16H2,1-2H3,(H2,34,35). The Morgan fingerprint density at radius 1 is 1.21 bits per heavy atom. The number of rotatable bonds is 7. The highest BCUT2D eigenvalue weighted by Gasteiger charge is 2.34. The van der Waals surface area contributed by atoms with Gasteiger partial charge in [-0.05, 0) is 61.7 Å². The summed E-state index contributed by atoms with van der Waals surface area (Å²) in [7, 11) is 1.52. The molecule has 1 aromatic heterocycles. The van der Waals surface area contributed by atoms with Gasteiger partial charge in [-0.25, -0.2) is 8.78 Å². The quantitative estimate of drug-likeness (QED) is 0.162. The zero-order chi connectivity index (χ0) is 29.4. The monoisotopic (exact) mass is 613 g/mol. The molecular weight excluding hydrogens is 580 g/mol. The number of fused-ring (bicyclic) bond motifs is 3. The number of hydrogen-bond donors (Lipinski definition) is 2. The van der Waals surface area contributed by atoms with Crippen LogP contribution in [0.25, 0.3) is 22.0 Å². The summed E-state index contributed by atoms with van der Waals surface area (Å²) >= 11 is 7.73. The third-order valence-corrected chi connectivity index (χ3v) is 9.20.